The van der Waals surface area contributed by atoms with Gasteiger partial charge in [-0.2, -0.15) is 5.26 Å². The van der Waals surface area contributed by atoms with Crippen LogP contribution in [0.3, 0.4) is 0 Å². The van der Waals surface area contributed by atoms with E-state index in [4.69, 9.17) is 0 Å². The number of rotatable bonds is 10. The second kappa shape index (κ2) is 10.4. The lowest BCUT2D eigenvalue weighted by atomic mass is 9.97. The minimum atomic E-state index is -0.717. The van der Waals surface area contributed by atoms with E-state index < -0.39 is 17.8 Å². The molecule has 2 aromatic rings. The number of nitrogens with one attached hydrogen (secondary N) is 2. The van der Waals surface area contributed by atoms with Crippen LogP contribution in [0.4, 0.5) is 15.8 Å². The van der Waals surface area contributed by atoms with Gasteiger partial charge >= 0.3 is 0 Å². The summed E-state index contributed by atoms with van der Waals surface area (Å²) in [7, 11) is 0. The molecular formula is C29H32FN5O3. The summed E-state index contributed by atoms with van der Waals surface area (Å²) < 4.78 is 14.8. The molecule has 2 N–H and O–H groups in total. The maximum absolute atomic E-state index is 14.8. The third-order valence-corrected chi connectivity index (χ3v) is 7.91. The Bertz CT molecular complexity index is 1300. The highest BCUT2D eigenvalue weighted by Gasteiger charge is 2.44. The van der Waals surface area contributed by atoms with E-state index in [2.05, 4.69) is 52.8 Å². The van der Waals surface area contributed by atoms with Crippen molar-refractivity contribution in [1.82, 2.24) is 10.2 Å². The summed E-state index contributed by atoms with van der Waals surface area (Å²) in [4.78, 5) is 40.2. The van der Waals surface area contributed by atoms with Gasteiger partial charge in [-0.25, -0.2) is 4.39 Å². The van der Waals surface area contributed by atoms with Gasteiger partial charge in [-0.3, -0.25) is 19.7 Å². The van der Waals surface area contributed by atoms with Crippen LogP contribution in [0.25, 0.3) is 0 Å². The van der Waals surface area contributed by atoms with Crippen molar-refractivity contribution in [2.45, 2.75) is 63.5 Å². The van der Waals surface area contributed by atoms with Crippen LogP contribution in [0.5, 0.6) is 0 Å². The number of imide groups is 1. The normalized spacial score (nSPS) is 19.6. The molecule has 0 aromatic heterocycles. The van der Waals surface area contributed by atoms with Crippen LogP contribution in [-0.4, -0.2) is 48.3 Å². The number of carbonyl (C=O) groups is 3. The summed E-state index contributed by atoms with van der Waals surface area (Å²) in [6.07, 6.45) is 4.08. The van der Waals surface area contributed by atoms with Gasteiger partial charge in [-0.1, -0.05) is 12.1 Å². The van der Waals surface area contributed by atoms with Crippen LogP contribution in [0.1, 0.15) is 66.9 Å². The molecule has 1 unspecified atom stereocenters. The van der Waals surface area contributed by atoms with Gasteiger partial charge in [0, 0.05) is 43.9 Å². The minimum absolute atomic E-state index is 0.181. The number of carbonyl (C=O) groups excluding carboxylic acids is 3. The number of unbranched alkanes of at least 4 members (excludes halogenated alkanes) is 1. The summed E-state index contributed by atoms with van der Waals surface area (Å²) in [6, 6.07) is 12.9. The van der Waals surface area contributed by atoms with Crippen molar-refractivity contribution in [2.75, 3.05) is 29.9 Å². The van der Waals surface area contributed by atoms with Crippen molar-refractivity contribution >= 4 is 29.1 Å². The van der Waals surface area contributed by atoms with Crippen LogP contribution in [0, 0.1) is 17.1 Å². The third kappa shape index (κ3) is 4.95. The molecular weight excluding hydrogens is 485 g/mol. The maximum Gasteiger partial charge on any atom is 0.255 e. The van der Waals surface area contributed by atoms with Gasteiger partial charge in [0.1, 0.15) is 11.9 Å². The Balaban J connectivity index is 1.12. The van der Waals surface area contributed by atoms with E-state index in [1.165, 1.54) is 11.0 Å². The largest absolute Gasteiger partial charge is 0.383 e. The molecule has 1 saturated heterocycles. The molecule has 8 nitrogen and oxygen atoms in total. The van der Waals surface area contributed by atoms with E-state index in [0.29, 0.717) is 17.8 Å². The zero-order valence-electron chi connectivity index (χ0n) is 21.6. The molecule has 0 spiro atoms. The zero-order chi connectivity index (χ0) is 26.9. The van der Waals surface area contributed by atoms with Crippen molar-refractivity contribution in [1.29, 1.82) is 5.26 Å². The van der Waals surface area contributed by atoms with Gasteiger partial charge in [-0.05, 0) is 74.4 Å². The molecule has 2 fully saturated rings. The number of halogens is 1. The van der Waals surface area contributed by atoms with Crippen LogP contribution in [-0.2, 0) is 21.5 Å². The Morgan fingerprint density at radius 1 is 1.18 bits per heavy atom. The molecule has 2 aromatic carbocycles. The first kappa shape index (κ1) is 25.7. The number of amides is 3. The Hall–Kier alpha value is -3.93. The standard InChI is InChI=1S/C29H32FN5O3/c1-2-34(21-7-5-20(6-8-21)29(18-31)11-12-29)14-4-3-13-32-24-15-19-17-35(28(38)22(19)16-23(24)30)25-9-10-26(36)33-27(25)37/h5-8,15-16,25,32H,2-4,9-14,17H2,1H3,(H,33,36,37). The number of fused-ring (bicyclic) bond motifs is 1. The number of hydrogen-bond acceptors (Lipinski definition) is 6. The number of hydrogen-bond donors (Lipinski definition) is 2. The van der Waals surface area contributed by atoms with E-state index >= 15 is 0 Å². The Morgan fingerprint density at radius 2 is 1.95 bits per heavy atom. The minimum Gasteiger partial charge on any atom is -0.383 e. The van der Waals surface area contributed by atoms with Gasteiger partial charge in [0.2, 0.25) is 11.8 Å². The zero-order valence-corrected chi connectivity index (χ0v) is 21.6. The average molecular weight is 518 g/mol. The highest BCUT2D eigenvalue weighted by molar-refractivity contribution is 6.05. The molecule has 1 atom stereocenters. The molecule has 0 bridgehead atoms. The van der Waals surface area contributed by atoms with E-state index in [-0.39, 0.29) is 42.2 Å². The monoisotopic (exact) mass is 517 g/mol. The molecule has 9 heteroatoms. The van der Waals surface area contributed by atoms with Crippen LogP contribution in [0.2, 0.25) is 0 Å². The number of nitriles is 1. The van der Waals surface area contributed by atoms with Crippen LogP contribution >= 0.6 is 0 Å². The van der Waals surface area contributed by atoms with E-state index in [1.807, 2.05) is 0 Å². The summed E-state index contributed by atoms with van der Waals surface area (Å²) in [6.45, 7) is 4.65. The van der Waals surface area contributed by atoms with Gasteiger partial charge in [-0.15, -0.1) is 0 Å². The Labute approximate surface area is 221 Å². The first-order valence-corrected chi connectivity index (χ1v) is 13.3. The van der Waals surface area contributed by atoms with Gasteiger partial charge in [0.25, 0.3) is 5.91 Å². The lowest BCUT2D eigenvalue weighted by molar-refractivity contribution is -0.136. The molecule has 2 aliphatic heterocycles. The lowest BCUT2D eigenvalue weighted by Crippen LogP contribution is -2.52. The Morgan fingerprint density at radius 3 is 2.61 bits per heavy atom. The molecule has 38 heavy (non-hydrogen) atoms. The SMILES string of the molecule is CCN(CCCCNc1cc2c(cc1F)C(=O)N(C1CCC(=O)NC1=O)C2)c1ccc(C2(C#N)CC2)cc1. The molecule has 198 valence electrons. The summed E-state index contributed by atoms with van der Waals surface area (Å²) in [5.41, 5.74) is 3.24. The molecule has 1 aliphatic carbocycles. The highest BCUT2D eigenvalue weighted by Crippen LogP contribution is 2.47. The van der Waals surface area contributed by atoms with E-state index in [0.717, 1.165) is 50.0 Å². The topological polar surface area (TPSA) is 106 Å². The first-order valence-electron chi connectivity index (χ1n) is 13.3. The molecule has 2 heterocycles. The van der Waals surface area contributed by atoms with Crippen LogP contribution in [0.15, 0.2) is 36.4 Å². The second-order valence-corrected chi connectivity index (χ2v) is 10.3. The van der Waals surface area contributed by atoms with E-state index in [1.54, 1.807) is 6.07 Å². The molecule has 0 radical (unpaired) electrons. The summed E-state index contributed by atoms with van der Waals surface area (Å²) in [5, 5.41) is 14.8. The number of nitrogens with zero attached hydrogens (tertiary/aromatic N) is 3. The summed E-state index contributed by atoms with van der Waals surface area (Å²) >= 11 is 0. The van der Waals surface area contributed by atoms with Gasteiger partial charge in [0.15, 0.2) is 0 Å². The fourth-order valence-electron chi connectivity index (χ4n) is 5.43. The average Bonchev–Trinajstić information content (AvgIpc) is 3.66. The quantitative estimate of drug-likeness (QED) is 0.366. The summed E-state index contributed by atoms with van der Waals surface area (Å²) in [5.74, 6) is -1.70. The van der Waals surface area contributed by atoms with Crippen molar-refractivity contribution < 1.29 is 18.8 Å². The third-order valence-electron chi connectivity index (χ3n) is 7.91. The van der Waals surface area contributed by atoms with Crippen molar-refractivity contribution in [2.24, 2.45) is 0 Å². The predicted octanol–water partition coefficient (Wildman–Crippen LogP) is 3.86. The van der Waals surface area contributed by atoms with Crippen molar-refractivity contribution in [3.05, 3.63) is 58.9 Å². The lowest BCUT2D eigenvalue weighted by Gasteiger charge is -2.29. The second-order valence-electron chi connectivity index (χ2n) is 10.3. The van der Waals surface area contributed by atoms with Gasteiger partial charge < -0.3 is 15.1 Å². The molecule has 3 amide bonds. The Kier molecular flexibility index (Phi) is 7.06. The van der Waals surface area contributed by atoms with E-state index in [9.17, 15) is 24.0 Å². The number of benzene rings is 2. The smallest absolute Gasteiger partial charge is 0.255 e. The highest BCUT2D eigenvalue weighted by atomic mass is 19.1. The number of anilines is 2. The van der Waals surface area contributed by atoms with Crippen molar-refractivity contribution in [3.63, 3.8) is 0 Å². The van der Waals surface area contributed by atoms with Gasteiger partial charge in [0.05, 0.1) is 17.2 Å². The number of piperidine rings is 1. The predicted molar refractivity (Wildman–Crippen MR) is 141 cm³/mol. The molecule has 5 rings (SSSR count). The molecule has 3 aliphatic rings. The maximum atomic E-state index is 14.8. The fraction of sp³-hybridized carbons (Fsp3) is 0.448. The molecule has 1 saturated carbocycles. The first-order chi connectivity index (χ1) is 18.3. The van der Waals surface area contributed by atoms with Crippen LogP contribution < -0.4 is 15.5 Å². The van der Waals surface area contributed by atoms with Crippen molar-refractivity contribution in [3.8, 4) is 6.07 Å². The fourth-order valence-corrected chi connectivity index (χ4v) is 5.43.